The Hall–Kier alpha value is -3.17. The van der Waals surface area contributed by atoms with Gasteiger partial charge in [-0.1, -0.05) is 57.9 Å². The minimum atomic E-state index is -3.45. The highest BCUT2D eigenvalue weighted by Gasteiger charge is 2.36. The summed E-state index contributed by atoms with van der Waals surface area (Å²) >= 11 is 0. The molecule has 9 heteroatoms. The summed E-state index contributed by atoms with van der Waals surface area (Å²) in [6.07, 6.45) is 6.29. The predicted molar refractivity (Wildman–Crippen MR) is 148 cm³/mol. The zero-order valence-electron chi connectivity index (χ0n) is 22.5. The Labute approximate surface area is 225 Å². The summed E-state index contributed by atoms with van der Waals surface area (Å²) in [7, 11) is -3.45. The van der Waals surface area contributed by atoms with Gasteiger partial charge in [-0.05, 0) is 54.3 Å². The normalized spacial score (nSPS) is 20.1. The summed E-state index contributed by atoms with van der Waals surface area (Å²) in [5, 5.41) is 10.4. The van der Waals surface area contributed by atoms with E-state index in [0.29, 0.717) is 18.1 Å². The van der Waals surface area contributed by atoms with Gasteiger partial charge in [0, 0.05) is 17.0 Å². The molecule has 1 fully saturated rings. The fourth-order valence-corrected chi connectivity index (χ4v) is 5.18. The van der Waals surface area contributed by atoms with Crippen molar-refractivity contribution in [1.29, 1.82) is 0 Å². The molecule has 1 saturated carbocycles. The van der Waals surface area contributed by atoms with E-state index in [2.05, 4.69) is 47.6 Å². The highest BCUT2D eigenvalue weighted by Crippen LogP contribution is 2.37. The Morgan fingerprint density at radius 1 is 1.00 bits per heavy atom. The van der Waals surface area contributed by atoms with Gasteiger partial charge in [0.15, 0.2) is 0 Å². The number of aliphatic hydroxyl groups excluding tert-OH is 1. The molecule has 0 bridgehead atoms. The van der Waals surface area contributed by atoms with Gasteiger partial charge in [0.25, 0.3) is 0 Å². The lowest BCUT2D eigenvalue weighted by atomic mass is 9.74. The second kappa shape index (κ2) is 11.3. The monoisotopic (exact) mass is 539 g/mol. The fraction of sp³-hybridized carbons (Fsp3) is 0.448. The number of aliphatic hydroxyl groups is 1. The van der Waals surface area contributed by atoms with E-state index in [1.807, 2.05) is 36.4 Å². The fourth-order valence-electron chi connectivity index (χ4n) is 4.75. The molecule has 0 saturated heterocycles. The van der Waals surface area contributed by atoms with Gasteiger partial charge >= 0.3 is 0 Å². The van der Waals surface area contributed by atoms with Crippen molar-refractivity contribution in [1.82, 2.24) is 9.97 Å². The lowest BCUT2D eigenvalue weighted by Gasteiger charge is -2.38. The average molecular weight is 540 g/mol. The Balaban J connectivity index is 1.36. The number of nitrogens with zero attached hydrogens (tertiary/aromatic N) is 2. The second-order valence-corrected chi connectivity index (χ2v) is 12.7. The number of hydrogen-bond acceptors (Lipinski definition) is 7. The van der Waals surface area contributed by atoms with Crippen LogP contribution in [0.3, 0.4) is 0 Å². The maximum absolute atomic E-state index is 11.4. The smallest absolute Gasteiger partial charge is 0.236 e. The zero-order chi connectivity index (χ0) is 27.4. The van der Waals surface area contributed by atoms with Crippen molar-refractivity contribution < 1.29 is 23.0 Å². The first-order valence-corrected chi connectivity index (χ1v) is 14.8. The van der Waals surface area contributed by atoms with Gasteiger partial charge in [-0.25, -0.2) is 18.4 Å². The Morgan fingerprint density at radius 3 is 2.18 bits per heavy atom. The number of anilines is 1. The quantitative estimate of drug-likeness (QED) is 0.370. The Kier molecular flexibility index (Phi) is 8.28. The molecule has 3 aromatic rings. The largest absolute Gasteiger partial charge is 0.493 e. The molecule has 8 nitrogen and oxygen atoms in total. The van der Waals surface area contributed by atoms with Gasteiger partial charge in [-0.3, -0.25) is 4.72 Å². The Morgan fingerprint density at radius 2 is 1.61 bits per heavy atom. The molecule has 0 spiro atoms. The van der Waals surface area contributed by atoms with E-state index in [0.717, 1.165) is 48.8 Å². The van der Waals surface area contributed by atoms with Crippen LogP contribution in [0.25, 0.3) is 0 Å². The predicted octanol–water partition coefficient (Wildman–Crippen LogP) is 5.07. The molecule has 204 valence electrons. The summed E-state index contributed by atoms with van der Waals surface area (Å²) in [5.41, 5.74) is 2.43. The van der Waals surface area contributed by atoms with Gasteiger partial charge < -0.3 is 14.6 Å². The van der Waals surface area contributed by atoms with E-state index < -0.39 is 10.0 Å². The van der Waals surface area contributed by atoms with Crippen LogP contribution in [0.15, 0.2) is 60.8 Å². The van der Waals surface area contributed by atoms with Crippen molar-refractivity contribution in [3.8, 4) is 11.5 Å². The number of ether oxygens (including phenoxy) is 2. The van der Waals surface area contributed by atoms with Crippen molar-refractivity contribution in [3.63, 3.8) is 0 Å². The van der Waals surface area contributed by atoms with E-state index in [4.69, 9.17) is 9.47 Å². The van der Waals surface area contributed by atoms with Crippen LogP contribution < -0.4 is 14.2 Å². The molecule has 2 atom stereocenters. The minimum absolute atomic E-state index is 0.0166. The van der Waals surface area contributed by atoms with Crippen LogP contribution in [0, 0.1) is 5.41 Å². The second-order valence-electron chi connectivity index (χ2n) is 10.9. The molecule has 38 heavy (non-hydrogen) atoms. The highest BCUT2D eigenvalue weighted by molar-refractivity contribution is 7.91. The maximum atomic E-state index is 11.4. The molecule has 0 aliphatic heterocycles. The van der Waals surface area contributed by atoms with Crippen molar-refractivity contribution >= 4 is 16.0 Å². The first-order valence-electron chi connectivity index (χ1n) is 12.9. The molecular weight excluding hydrogens is 502 g/mol. The van der Waals surface area contributed by atoms with Crippen LogP contribution in [0.5, 0.6) is 11.5 Å². The van der Waals surface area contributed by atoms with Crippen LogP contribution in [0.2, 0.25) is 0 Å². The van der Waals surface area contributed by atoms with Gasteiger partial charge in [0.2, 0.25) is 16.0 Å². The molecular formula is C29H37N3O5S. The van der Waals surface area contributed by atoms with Crippen LogP contribution in [0.1, 0.15) is 63.3 Å². The molecule has 1 aromatic heterocycles. The molecule has 4 rings (SSSR count). The van der Waals surface area contributed by atoms with E-state index >= 15 is 0 Å². The Bertz CT molecular complexity index is 1330. The standard InChI is InChI=1S/C29H37N3O5S/c1-28(2,22-10-14-25(15-11-22)37-20-29(3)17-6-5-7-26(29)33)21-8-12-24(13-9-21)36-19-23-16-18-30-27(31-23)32-38(4,34)35/h8-16,18,26,33H,5-7,17,19-20H2,1-4H3,(H,30,31,32). The van der Waals surface area contributed by atoms with Crippen LogP contribution >= 0.6 is 0 Å². The lowest BCUT2D eigenvalue weighted by Crippen LogP contribution is -2.40. The summed E-state index contributed by atoms with van der Waals surface area (Å²) in [6, 6.07) is 17.8. The number of aromatic nitrogens is 2. The maximum Gasteiger partial charge on any atom is 0.236 e. The van der Waals surface area contributed by atoms with Crippen molar-refractivity contribution in [2.45, 2.75) is 64.6 Å². The molecule has 1 aliphatic carbocycles. The van der Waals surface area contributed by atoms with Crippen LogP contribution in [-0.4, -0.2) is 42.5 Å². The van der Waals surface area contributed by atoms with Crippen molar-refractivity contribution in [2.24, 2.45) is 5.41 Å². The van der Waals surface area contributed by atoms with Crippen LogP contribution in [0.4, 0.5) is 5.95 Å². The summed E-state index contributed by atoms with van der Waals surface area (Å²) in [6.45, 7) is 7.16. The number of hydrogen-bond donors (Lipinski definition) is 2. The summed E-state index contributed by atoms with van der Waals surface area (Å²) in [5.74, 6) is 1.51. The zero-order valence-corrected chi connectivity index (χ0v) is 23.3. The number of benzene rings is 2. The van der Waals surface area contributed by atoms with Crippen molar-refractivity contribution in [2.75, 3.05) is 17.6 Å². The first-order chi connectivity index (χ1) is 17.9. The van der Waals surface area contributed by atoms with Gasteiger partial charge in [0.1, 0.15) is 18.1 Å². The summed E-state index contributed by atoms with van der Waals surface area (Å²) < 4.78 is 37.0. The molecule has 2 unspecified atom stereocenters. The number of nitrogens with one attached hydrogen (secondary N) is 1. The molecule has 0 radical (unpaired) electrons. The topological polar surface area (TPSA) is 111 Å². The van der Waals surface area contributed by atoms with E-state index in [9.17, 15) is 13.5 Å². The molecule has 2 aromatic carbocycles. The number of sulfonamides is 1. The average Bonchev–Trinajstić information content (AvgIpc) is 2.88. The van der Waals surface area contributed by atoms with E-state index in [-0.39, 0.29) is 29.5 Å². The highest BCUT2D eigenvalue weighted by atomic mass is 32.2. The summed E-state index contributed by atoms with van der Waals surface area (Å²) in [4.78, 5) is 8.09. The van der Waals surface area contributed by atoms with Gasteiger partial charge in [-0.15, -0.1) is 0 Å². The van der Waals surface area contributed by atoms with Crippen molar-refractivity contribution in [3.05, 3.63) is 77.6 Å². The van der Waals surface area contributed by atoms with Gasteiger partial charge in [-0.2, -0.15) is 0 Å². The first kappa shape index (κ1) is 27.9. The van der Waals surface area contributed by atoms with Crippen LogP contribution in [-0.2, 0) is 22.0 Å². The third-order valence-corrected chi connectivity index (χ3v) is 7.93. The molecule has 2 N–H and O–H groups in total. The molecule has 1 aliphatic rings. The molecule has 1 heterocycles. The lowest BCUT2D eigenvalue weighted by molar-refractivity contribution is -0.0282. The number of rotatable bonds is 10. The van der Waals surface area contributed by atoms with E-state index in [1.165, 1.54) is 6.20 Å². The SMILES string of the molecule is CC(C)(c1ccc(OCc2ccnc(NS(C)(=O)=O)n2)cc1)c1ccc(OCC2(C)CCCCC2O)cc1. The molecule has 0 amide bonds. The van der Waals surface area contributed by atoms with Gasteiger partial charge in [0.05, 0.1) is 24.7 Å². The minimum Gasteiger partial charge on any atom is -0.493 e. The third-order valence-electron chi connectivity index (χ3n) is 7.38. The third kappa shape index (κ3) is 7.02. The van der Waals surface area contributed by atoms with E-state index in [1.54, 1.807) is 6.07 Å².